The number of nitrogen functional groups attached to an aromatic ring is 1. The van der Waals surface area contributed by atoms with E-state index in [4.69, 9.17) is 10.8 Å². The van der Waals surface area contributed by atoms with Crippen molar-refractivity contribution in [3.05, 3.63) is 16.7 Å². The highest BCUT2D eigenvalue weighted by Crippen LogP contribution is 2.12. The van der Waals surface area contributed by atoms with Crippen LogP contribution < -0.4 is 16.2 Å². The van der Waals surface area contributed by atoms with Crippen LogP contribution in [0.1, 0.15) is 6.42 Å². The molecule has 1 rings (SSSR count). The van der Waals surface area contributed by atoms with Gasteiger partial charge >= 0.3 is 5.97 Å². The second-order valence-corrected chi connectivity index (χ2v) is 3.03. The van der Waals surface area contributed by atoms with E-state index in [0.29, 0.717) is 5.82 Å². The second-order valence-electron chi connectivity index (χ2n) is 3.03. The summed E-state index contributed by atoms with van der Waals surface area (Å²) < 4.78 is 0. The maximum atomic E-state index is 11.1. The van der Waals surface area contributed by atoms with Crippen molar-refractivity contribution in [1.82, 2.24) is 9.97 Å². The summed E-state index contributed by atoms with van der Waals surface area (Å²) in [5.74, 6) is -0.620. The van der Waals surface area contributed by atoms with Crippen LogP contribution in [0.2, 0.25) is 0 Å². The lowest BCUT2D eigenvalue weighted by Crippen LogP contribution is -2.26. The number of nitrogens with one attached hydrogen (secondary N) is 1. The number of carboxylic acids is 1. The molecule has 0 aliphatic carbocycles. The molecule has 0 aliphatic rings. The first kappa shape index (κ1) is 11.0. The van der Waals surface area contributed by atoms with E-state index in [1.54, 1.807) is 7.05 Å². The Morgan fingerprint density at radius 3 is 3.00 bits per heavy atom. The molecule has 82 valence electrons. The van der Waals surface area contributed by atoms with E-state index in [-0.39, 0.29) is 18.7 Å². The van der Waals surface area contributed by atoms with Crippen molar-refractivity contribution in [3.63, 3.8) is 0 Å². The Morgan fingerprint density at radius 1 is 1.73 bits per heavy atom. The van der Waals surface area contributed by atoms with Gasteiger partial charge in [-0.25, -0.2) is 4.98 Å². The third kappa shape index (κ3) is 2.70. The molecule has 0 amide bonds. The maximum absolute atomic E-state index is 11.1. The van der Waals surface area contributed by atoms with Crippen molar-refractivity contribution in [2.75, 3.05) is 24.2 Å². The van der Waals surface area contributed by atoms with Gasteiger partial charge in [-0.2, -0.15) is 0 Å². The molecule has 0 aliphatic heterocycles. The lowest BCUT2D eigenvalue weighted by atomic mass is 10.3. The van der Waals surface area contributed by atoms with Gasteiger partial charge in [0.15, 0.2) is 5.82 Å². The van der Waals surface area contributed by atoms with Crippen LogP contribution in [0.15, 0.2) is 11.1 Å². The lowest BCUT2D eigenvalue weighted by molar-refractivity contribution is -0.136. The number of hydrogen-bond acceptors (Lipinski definition) is 5. The van der Waals surface area contributed by atoms with E-state index in [9.17, 15) is 9.59 Å². The number of aromatic nitrogens is 2. The summed E-state index contributed by atoms with van der Waals surface area (Å²) in [6, 6.07) is 0. The van der Waals surface area contributed by atoms with Gasteiger partial charge in [-0.05, 0) is 0 Å². The van der Waals surface area contributed by atoms with Crippen LogP contribution in [-0.2, 0) is 4.79 Å². The van der Waals surface area contributed by atoms with Crippen molar-refractivity contribution in [2.45, 2.75) is 6.42 Å². The van der Waals surface area contributed by atoms with E-state index in [1.165, 1.54) is 11.2 Å². The molecule has 7 heteroatoms. The zero-order valence-electron chi connectivity index (χ0n) is 8.23. The van der Waals surface area contributed by atoms with Gasteiger partial charge < -0.3 is 20.7 Å². The summed E-state index contributed by atoms with van der Waals surface area (Å²) in [6.45, 7) is 0.246. The highest BCUT2D eigenvalue weighted by atomic mass is 16.4. The molecule has 7 nitrogen and oxygen atoms in total. The van der Waals surface area contributed by atoms with Gasteiger partial charge in [-0.3, -0.25) is 9.59 Å². The van der Waals surface area contributed by atoms with Crippen LogP contribution in [0.3, 0.4) is 0 Å². The summed E-state index contributed by atoms with van der Waals surface area (Å²) in [5.41, 5.74) is 5.06. The van der Waals surface area contributed by atoms with E-state index in [0.717, 1.165) is 0 Å². The lowest BCUT2D eigenvalue weighted by Gasteiger charge is -2.17. The fraction of sp³-hybridized carbons (Fsp3) is 0.375. The first-order valence-electron chi connectivity index (χ1n) is 4.28. The fourth-order valence-corrected chi connectivity index (χ4v) is 1.07. The molecule has 4 N–H and O–H groups in total. The number of aromatic amines is 1. The Hall–Kier alpha value is -2.05. The Morgan fingerprint density at radius 2 is 2.40 bits per heavy atom. The zero-order valence-corrected chi connectivity index (χ0v) is 8.23. The van der Waals surface area contributed by atoms with Crippen LogP contribution >= 0.6 is 0 Å². The fourth-order valence-electron chi connectivity index (χ4n) is 1.07. The van der Waals surface area contributed by atoms with Gasteiger partial charge in [0.1, 0.15) is 5.69 Å². The van der Waals surface area contributed by atoms with E-state index < -0.39 is 11.5 Å². The molecule has 0 atom stereocenters. The van der Waals surface area contributed by atoms with Crippen LogP contribution in [0.5, 0.6) is 0 Å². The van der Waals surface area contributed by atoms with E-state index >= 15 is 0 Å². The average Bonchev–Trinajstić information content (AvgIpc) is 2.18. The van der Waals surface area contributed by atoms with E-state index in [1.807, 2.05) is 0 Å². The maximum Gasteiger partial charge on any atom is 0.305 e. The summed E-state index contributed by atoms with van der Waals surface area (Å²) in [4.78, 5) is 29.2. The molecule has 0 unspecified atom stereocenters. The molecule has 1 aromatic rings. The molecule has 0 bridgehead atoms. The molecule has 0 aromatic carbocycles. The minimum atomic E-state index is -0.912. The molecule has 0 saturated heterocycles. The number of aliphatic carboxylic acids is 1. The molecule has 1 aromatic heterocycles. The van der Waals surface area contributed by atoms with Crippen molar-refractivity contribution in [3.8, 4) is 0 Å². The van der Waals surface area contributed by atoms with Gasteiger partial charge in [-0.1, -0.05) is 0 Å². The predicted octanol–water partition coefficient (Wildman–Crippen LogP) is -0.737. The number of nitrogens with zero attached hydrogens (tertiary/aromatic N) is 2. The largest absolute Gasteiger partial charge is 0.481 e. The molecule has 0 radical (unpaired) electrons. The van der Waals surface area contributed by atoms with Crippen LogP contribution in [0.25, 0.3) is 0 Å². The molecular weight excluding hydrogens is 200 g/mol. The van der Waals surface area contributed by atoms with E-state index in [2.05, 4.69) is 9.97 Å². The average molecular weight is 212 g/mol. The molecule has 1 heterocycles. The Bertz CT molecular complexity index is 415. The highest BCUT2D eigenvalue weighted by molar-refractivity contribution is 5.68. The van der Waals surface area contributed by atoms with Gasteiger partial charge in [0.2, 0.25) is 0 Å². The smallest absolute Gasteiger partial charge is 0.305 e. The Labute approximate surface area is 85.5 Å². The number of rotatable bonds is 4. The predicted molar refractivity (Wildman–Crippen MR) is 54.8 cm³/mol. The standard InChI is InChI=1S/C8H12N4O3/c1-12(3-2-5(13)14)7-6(9)8(15)11-4-10-7/h4H,2-3,9H2,1H3,(H,13,14)(H,10,11,15). The van der Waals surface area contributed by atoms with Crippen molar-refractivity contribution in [2.24, 2.45) is 0 Å². The molecule has 15 heavy (non-hydrogen) atoms. The highest BCUT2D eigenvalue weighted by Gasteiger charge is 2.10. The Kier molecular flexibility index (Phi) is 3.27. The number of carboxylic acid groups (broad SMARTS) is 1. The molecule has 0 saturated carbocycles. The van der Waals surface area contributed by atoms with Crippen LogP contribution in [0.4, 0.5) is 11.5 Å². The first-order valence-corrected chi connectivity index (χ1v) is 4.28. The van der Waals surface area contributed by atoms with Gasteiger partial charge in [-0.15, -0.1) is 0 Å². The monoisotopic (exact) mass is 212 g/mol. The minimum Gasteiger partial charge on any atom is -0.481 e. The van der Waals surface area contributed by atoms with Crippen LogP contribution in [-0.4, -0.2) is 34.6 Å². The number of anilines is 2. The summed E-state index contributed by atoms with van der Waals surface area (Å²) in [5, 5.41) is 8.49. The summed E-state index contributed by atoms with van der Waals surface area (Å²) in [7, 11) is 1.63. The zero-order chi connectivity index (χ0) is 11.4. The number of carbonyl (C=O) groups is 1. The number of H-pyrrole nitrogens is 1. The second kappa shape index (κ2) is 4.45. The van der Waals surface area contributed by atoms with Crippen LogP contribution in [0, 0.1) is 0 Å². The van der Waals surface area contributed by atoms with Crippen molar-refractivity contribution in [1.29, 1.82) is 0 Å². The normalized spacial score (nSPS) is 9.93. The SMILES string of the molecule is CN(CCC(=O)O)c1nc[nH]c(=O)c1N. The third-order valence-corrected chi connectivity index (χ3v) is 1.89. The molecule has 0 fully saturated rings. The van der Waals surface area contributed by atoms with Crippen molar-refractivity contribution < 1.29 is 9.90 Å². The Balaban J connectivity index is 2.82. The molecular formula is C8H12N4O3. The van der Waals surface area contributed by atoms with Gasteiger partial charge in [0.25, 0.3) is 5.56 Å². The first-order chi connectivity index (χ1) is 7.02. The van der Waals surface area contributed by atoms with Gasteiger partial charge in [0.05, 0.1) is 12.7 Å². The third-order valence-electron chi connectivity index (χ3n) is 1.89. The number of hydrogen-bond donors (Lipinski definition) is 3. The molecule has 0 spiro atoms. The van der Waals surface area contributed by atoms with Gasteiger partial charge in [0, 0.05) is 13.6 Å². The quantitative estimate of drug-likeness (QED) is 0.606. The number of nitrogens with two attached hydrogens (primary N) is 1. The topological polar surface area (TPSA) is 112 Å². The summed E-state index contributed by atoms with van der Waals surface area (Å²) >= 11 is 0. The minimum absolute atomic E-state index is 0.00890. The van der Waals surface area contributed by atoms with Crippen molar-refractivity contribution >= 4 is 17.5 Å². The summed E-state index contributed by atoms with van der Waals surface area (Å²) in [6.07, 6.45) is 1.19.